The van der Waals surface area contributed by atoms with E-state index in [9.17, 15) is 9.59 Å². The van der Waals surface area contributed by atoms with Gasteiger partial charge in [-0.25, -0.2) is 0 Å². The minimum absolute atomic E-state index is 0. The predicted octanol–water partition coefficient (Wildman–Crippen LogP) is 3.04. The van der Waals surface area contributed by atoms with E-state index in [4.69, 9.17) is 5.73 Å². The Kier molecular flexibility index (Phi) is 6.82. The van der Waals surface area contributed by atoms with Crippen LogP contribution in [-0.2, 0) is 4.79 Å². The molecule has 2 atom stereocenters. The number of halogens is 1. The average molecular weight is 412 g/mol. The molecule has 2 heterocycles. The van der Waals surface area contributed by atoms with E-state index in [0.717, 1.165) is 44.3 Å². The summed E-state index contributed by atoms with van der Waals surface area (Å²) in [7, 11) is 0. The standard InChI is InChI=1S/C20H29N3O2S.ClH/c21-18-13-2-1-3-14(18)11-16(10-13)20(25)23-7-4-17(5-8-23)22-19(24)15-6-9-26-12-15;/h6,9,12-14,16-18H,1-5,7-8,10-11,21H2,(H,22,24);1H. The second-order valence-corrected chi connectivity index (χ2v) is 9.06. The SMILES string of the molecule is Cl.NC1C2CCCC1CC(C(=O)N1CCC(NC(=O)c3ccsc3)CC1)C2. The summed E-state index contributed by atoms with van der Waals surface area (Å²) < 4.78 is 0. The molecule has 1 aliphatic heterocycles. The van der Waals surface area contributed by atoms with Crippen LogP contribution in [0.1, 0.15) is 55.3 Å². The van der Waals surface area contributed by atoms with E-state index >= 15 is 0 Å². The number of carbonyl (C=O) groups excluding carboxylic acids is 2. The third kappa shape index (κ3) is 4.49. The van der Waals surface area contributed by atoms with Crippen molar-refractivity contribution in [3.8, 4) is 0 Å². The topological polar surface area (TPSA) is 75.4 Å². The third-order valence-corrected chi connectivity index (χ3v) is 7.37. The van der Waals surface area contributed by atoms with Gasteiger partial charge in [-0.2, -0.15) is 11.3 Å². The number of hydrogen-bond acceptors (Lipinski definition) is 4. The smallest absolute Gasteiger partial charge is 0.252 e. The van der Waals surface area contributed by atoms with Crippen LogP contribution in [0.25, 0.3) is 0 Å². The molecular weight excluding hydrogens is 382 g/mol. The number of thiophene rings is 1. The van der Waals surface area contributed by atoms with Gasteiger partial charge in [-0.3, -0.25) is 9.59 Å². The first-order valence-corrected chi connectivity index (χ1v) is 10.9. The zero-order chi connectivity index (χ0) is 18.1. The van der Waals surface area contributed by atoms with Crippen molar-refractivity contribution in [3.63, 3.8) is 0 Å². The van der Waals surface area contributed by atoms with Crippen LogP contribution in [0.3, 0.4) is 0 Å². The lowest BCUT2D eigenvalue weighted by Crippen LogP contribution is -2.52. The molecule has 2 amide bonds. The highest BCUT2D eigenvalue weighted by Crippen LogP contribution is 2.42. The second-order valence-electron chi connectivity index (χ2n) is 8.28. The summed E-state index contributed by atoms with van der Waals surface area (Å²) in [4.78, 5) is 27.2. The van der Waals surface area contributed by atoms with Crippen LogP contribution in [0.15, 0.2) is 16.8 Å². The van der Waals surface area contributed by atoms with Gasteiger partial charge >= 0.3 is 0 Å². The largest absolute Gasteiger partial charge is 0.349 e. The van der Waals surface area contributed by atoms with Gasteiger partial charge in [-0.1, -0.05) is 6.42 Å². The maximum Gasteiger partial charge on any atom is 0.252 e. The van der Waals surface area contributed by atoms with Crippen LogP contribution in [0, 0.1) is 17.8 Å². The molecule has 0 radical (unpaired) electrons. The fourth-order valence-electron chi connectivity index (χ4n) is 5.16. The number of likely N-dealkylation sites (tertiary alicyclic amines) is 1. The first kappa shape index (κ1) is 20.6. The third-order valence-electron chi connectivity index (χ3n) is 6.69. The van der Waals surface area contributed by atoms with Gasteiger partial charge < -0.3 is 16.0 Å². The van der Waals surface area contributed by atoms with Crippen molar-refractivity contribution in [2.75, 3.05) is 13.1 Å². The average Bonchev–Trinajstić information content (AvgIpc) is 3.16. The van der Waals surface area contributed by atoms with Crippen LogP contribution >= 0.6 is 23.7 Å². The van der Waals surface area contributed by atoms with Gasteiger partial charge in [0.25, 0.3) is 5.91 Å². The Morgan fingerprint density at radius 3 is 2.37 bits per heavy atom. The Morgan fingerprint density at radius 1 is 1.11 bits per heavy atom. The van der Waals surface area contributed by atoms with Gasteiger partial charge in [0, 0.05) is 42.0 Å². The van der Waals surface area contributed by atoms with Crippen molar-refractivity contribution in [1.82, 2.24) is 10.2 Å². The number of hydrogen-bond donors (Lipinski definition) is 2. The Morgan fingerprint density at radius 2 is 1.78 bits per heavy atom. The molecule has 2 unspecified atom stereocenters. The van der Waals surface area contributed by atoms with E-state index in [-0.39, 0.29) is 30.3 Å². The number of nitrogens with zero attached hydrogens (tertiary/aromatic N) is 1. The Bertz CT molecular complexity index is 632. The van der Waals surface area contributed by atoms with Crippen molar-refractivity contribution in [3.05, 3.63) is 22.4 Å². The number of carbonyl (C=O) groups is 2. The summed E-state index contributed by atoms with van der Waals surface area (Å²) >= 11 is 1.53. The first-order valence-electron chi connectivity index (χ1n) is 9.99. The maximum atomic E-state index is 13.0. The molecule has 3 N–H and O–H groups in total. The summed E-state index contributed by atoms with van der Waals surface area (Å²) in [5.41, 5.74) is 7.10. The van der Waals surface area contributed by atoms with Crippen molar-refractivity contribution < 1.29 is 9.59 Å². The predicted molar refractivity (Wildman–Crippen MR) is 110 cm³/mol. The lowest BCUT2D eigenvalue weighted by Gasteiger charge is -2.45. The number of nitrogens with one attached hydrogen (secondary N) is 1. The molecule has 7 heteroatoms. The molecule has 5 nitrogen and oxygen atoms in total. The lowest BCUT2D eigenvalue weighted by atomic mass is 9.65. The van der Waals surface area contributed by atoms with E-state index in [1.165, 1.54) is 30.6 Å². The summed E-state index contributed by atoms with van der Waals surface area (Å²) in [5.74, 6) is 1.58. The monoisotopic (exact) mass is 411 g/mol. The van der Waals surface area contributed by atoms with Crippen molar-refractivity contribution in [1.29, 1.82) is 0 Å². The van der Waals surface area contributed by atoms with Crippen LogP contribution in [-0.4, -0.2) is 41.9 Å². The highest BCUT2D eigenvalue weighted by Gasteiger charge is 2.42. The molecule has 1 aromatic heterocycles. The number of rotatable bonds is 3. The van der Waals surface area contributed by atoms with E-state index < -0.39 is 0 Å². The van der Waals surface area contributed by atoms with Gasteiger partial charge in [0.15, 0.2) is 0 Å². The molecular formula is C20H30ClN3O2S. The van der Waals surface area contributed by atoms with Gasteiger partial charge in [0.1, 0.15) is 0 Å². The minimum atomic E-state index is 0. The lowest BCUT2D eigenvalue weighted by molar-refractivity contribution is -0.139. The Balaban J connectivity index is 0.00000210. The Hall–Kier alpha value is -1.11. The quantitative estimate of drug-likeness (QED) is 0.802. The number of piperidine rings is 1. The van der Waals surface area contributed by atoms with Crippen LogP contribution < -0.4 is 11.1 Å². The fourth-order valence-corrected chi connectivity index (χ4v) is 5.79. The summed E-state index contributed by atoms with van der Waals surface area (Å²) in [6.45, 7) is 1.51. The highest BCUT2D eigenvalue weighted by molar-refractivity contribution is 7.08. The molecule has 0 spiro atoms. The van der Waals surface area contributed by atoms with Crippen molar-refractivity contribution in [2.45, 2.75) is 57.0 Å². The summed E-state index contributed by atoms with van der Waals surface area (Å²) in [6.07, 6.45) is 7.31. The molecule has 4 rings (SSSR count). The normalized spacial score (nSPS) is 31.1. The number of fused-ring (bicyclic) bond motifs is 2. The molecule has 3 fully saturated rings. The fraction of sp³-hybridized carbons (Fsp3) is 0.700. The van der Waals surface area contributed by atoms with Crippen LogP contribution in [0.4, 0.5) is 0 Å². The molecule has 2 saturated carbocycles. The van der Waals surface area contributed by atoms with Crippen molar-refractivity contribution in [2.24, 2.45) is 23.5 Å². The van der Waals surface area contributed by atoms with Crippen LogP contribution in [0.5, 0.6) is 0 Å². The Labute approximate surface area is 171 Å². The van der Waals surface area contributed by atoms with E-state index in [2.05, 4.69) is 5.32 Å². The van der Waals surface area contributed by atoms with Gasteiger partial charge in [0.05, 0.1) is 0 Å². The second kappa shape index (κ2) is 8.93. The zero-order valence-corrected chi connectivity index (χ0v) is 17.3. The van der Waals surface area contributed by atoms with Crippen molar-refractivity contribution >= 4 is 35.6 Å². The van der Waals surface area contributed by atoms with E-state index in [1.807, 2.05) is 21.7 Å². The number of nitrogens with two attached hydrogens (primary N) is 1. The van der Waals surface area contributed by atoms with E-state index in [1.54, 1.807) is 0 Å². The first-order chi connectivity index (χ1) is 12.6. The number of amides is 2. The van der Waals surface area contributed by atoms with Gasteiger partial charge in [-0.15, -0.1) is 12.4 Å². The van der Waals surface area contributed by atoms with Gasteiger partial charge in [-0.05, 0) is 61.8 Å². The molecule has 2 bridgehead atoms. The molecule has 1 aromatic rings. The molecule has 150 valence electrons. The van der Waals surface area contributed by atoms with Crippen LogP contribution in [0.2, 0.25) is 0 Å². The molecule has 27 heavy (non-hydrogen) atoms. The minimum Gasteiger partial charge on any atom is -0.349 e. The molecule has 0 aromatic carbocycles. The highest BCUT2D eigenvalue weighted by atomic mass is 35.5. The molecule has 2 aliphatic carbocycles. The summed E-state index contributed by atoms with van der Waals surface area (Å²) in [5, 5.41) is 6.90. The maximum absolute atomic E-state index is 13.0. The van der Waals surface area contributed by atoms with E-state index in [0.29, 0.717) is 23.8 Å². The van der Waals surface area contributed by atoms with Gasteiger partial charge in [0.2, 0.25) is 5.91 Å². The summed E-state index contributed by atoms with van der Waals surface area (Å²) in [6, 6.07) is 2.33. The zero-order valence-electron chi connectivity index (χ0n) is 15.6. The molecule has 1 saturated heterocycles. The molecule has 3 aliphatic rings.